The van der Waals surface area contributed by atoms with Crippen molar-refractivity contribution in [1.29, 1.82) is 0 Å². The molecule has 1 aliphatic rings. The van der Waals surface area contributed by atoms with Crippen LogP contribution in [0, 0.1) is 13.8 Å². The molecule has 116 valence electrons. The molecule has 0 aliphatic carbocycles. The molecule has 4 nitrogen and oxygen atoms in total. The van der Waals surface area contributed by atoms with Gasteiger partial charge < -0.3 is 14.8 Å². The second kappa shape index (κ2) is 6.01. The first-order valence-electron chi connectivity index (χ1n) is 7.32. The fourth-order valence-electron chi connectivity index (χ4n) is 2.54. The average Bonchev–Trinajstić information content (AvgIpc) is 2.85. The van der Waals surface area contributed by atoms with E-state index in [-0.39, 0.29) is 11.9 Å². The second-order valence-corrected chi connectivity index (χ2v) is 6.89. The molecule has 1 unspecified atom stereocenters. The highest BCUT2D eigenvalue weighted by Gasteiger charge is 2.18. The van der Waals surface area contributed by atoms with Crippen LogP contribution in [0.2, 0.25) is 0 Å². The molecule has 1 N–H and O–H groups in total. The average molecular weight is 317 g/mol. The third-order valence-electron chi connectivity index (χ3n) is 3.70. The van der Waals surface area contributed by atoms with Gasteiger partial charge in [-0.3, -0.25) is 4.79 Å². The molecule has 1 aromatic heterocycles. The standard InChI is InChI=1S/C17H19NO3S/c1-10-8-14(12(3)22-10)17(19)18-11(2)13-4-5-15-16(9-13)21-7-6-20-15/h4-5,8-9,11H,6-7H2,1-3H3,(H,18,19). The molecule has 0 spiro atoms. The highest BCUT2D eigenvalue weighted by Crippen LogP contribution is 2.32. The van der Waals surface area contributed by atoms with Crippen LogP contribution in [-0.2, 0) is 0 Å². The van der Waals surface area contributed by atoms with Gasteiger partial charge in [0.25, 0.3) is 5.91 Å². The van der Waals surface area contributed by atoms with E-state index in [2.05, 4.69) is 5.32 Å². The summed E-state index contributed by atoms with van der Waals surface area (Å²) in [6.45, 7) is 7.10. The maximum atomic E-state index is 12.4. The van der Waals surface area contributed by atoms with Gasteiger partial charge in [0.2, 0.25) is 0 Å². The number of rotatable bonds is 3. The van der Waals surface area contributed by atoms with Gasteiger partial charge in [0.15, 0.2) is 11.5 Å². The summed E-state index contributed by atoms with van der Waals surface area (Å²) in [5.74, 6) is 1.47. The van der Waals surface area contributed by atoms with Gasteiger partial charge in [0.1, 0.15) is 13.2 Å². The number of ether oxygens (including phenoxy) is 2. The monoisotopic (exact) mass is 317 g/mol. The van der Waals surface area contributed by atoms with Crippen LogP contribution in [0.25, 0.3) is 0 Å². The smallest absolute Gasteiger partial charge is 0.252 e. The zero-order valence-electron chi connectivity index (χ0n) is 12.9. The molecule has 0 fully saturated rings. The molecule has 3 rings (SSSR count). The third kappa shape index (κ3) is 2.95. The minimum atomic E-state index is -0.0945. The fourth-order valence-corrected chi connectivity index (χ4v) is 3.46. The van der Waals surface area contributed by atoms with Crippen molar-refractivity contribution in [3.05, 3.63) is 45.1 Å². The van der Waals surface area contributed by atoms with Crippen LogP contribution in [0.5, 0.6) is 11.5 Å². The van der Waals surface area contributed by atoms with Crippen LogP contribution in [0.3, 0.4) is 0 Å². The van der Waals surface area contributed by atoms with Crippen molar-refractivity contribution in [3.8, 4) is 11.5 Å². The number of hydrogen-bond acceptors (Lipinski definition) is 4. The Morgan fingerprint density at radius 1 is 1.18 bits per heavy atom. The number of nitrogens with one attached hydrogen (secondary N) is 1. The van der Waals surface area contributed by atoms with Crippen molar-refractivity contribution in [2.45, 2.75) is 26.8 Å². The predicted octanol–water partition coefficient (Wildman–Crippen LogP) is 3.63. The number of amides is 1. The summed E-state index contributed by atoms with van der Waals surface area (Å²) in [7, 11) is 0. The van der Waals surface area contributed by atoms with Gasteiger partial charge in [0.05, 0.1) is 11.6 Å². The minimum Gasteiger partial charge on any atom is -0.486 e. The zero-order valence-corrected chi connectivity index (χ0v) is 13.8. The lowest BCUT2D eigenvalue weighted by Crippen LogP contribution is -2.27. The summed E-state index contributed by atoms with van der Waals surface area (Å²) in [6, 6.07) is 7.64. The number of benzene rings is 1. The zero-order chi connectivity index (χ0) is 15.7. The lowest BCUT2D eigenvalue weighted by atomic mass is 10.1. The lowest BCUT2D eigenvalue weighted by Gasteiger charge is -2.21. The molecule has 1 aliphatic heterocycles. The minimum absolute atomic E-state index is 0.0377. The van der Waals surface area contributed by atoms with E-state index >= 15 is 0 Å². The molecule has 1 amide bonds. The molecule has 22 heavy (non-hydrogen) atoms. The van der Waals surface area contributed by atoms with E-state index in [9.17, 15) is 4.79 Å². The van der Waals surface area contributed by atoms with Crippen LogP contribution in [0.4, 0.5) is 0 Å². The van der Waals surface area contributed by atoms with Crippen LogP contribution in [0.15, 0.2) is 24.3 Å². The van der Waals surface area contributed by atoms with Crippen LogP contribution in [0.1, 0.15) is 38.6 Å². The van der Waals surface area contributed by atoms with E-state index in [4.69, 9.17) is 9.47 Å². The van der Waals surface area contributed by atoms with E-state index in [0.29, 0.717) is 13.2 Å². The van der Waals surface area contributed by atoms with E-state index < -0.39 is 0 Å². The SMILES string of the molecule is Cc1cc(C(=O)NC(C)c2ccc3c(c2)OCCO3)c(C)s1. The Balaban J connectivity index is 1.75. The van der Waals surface area contributed by atoms with Crippen molar-refractivity contribution in [2.75, 3.05) is 13.2 Å². The van der Waals surface area contributed by atoms with Gasteiger partial charge in [-0.1, -0.05) is 6.07 Å². The number of thiophene rings is 1. The van der Waals surface area contributed by atoms with Crippen molar-refractivity contribution >= 4 is 17.2 Å². The van der Waals surface area contributed by atoms with E-state index in [1.807, 2.05) is 45.0 Å². The van der Waals surface area contributed by atoms with Crippen molar-refractivity contribution in [2.24, 2.45) is 0 Å². The summed E-state index contributed by atoms with van der Waals surface area (Å²) in [4.78, 5) is 14.6. The van der Waals surface area contributed by atoms with Crippen LogP contribution in [-0.4, -0.2) is 19.1 Å². The van der Waals surface area contributed by atoms with Crippen molar-refractivity contribution < 1.29 is 14.3 Å². The molecular weight excluding hydrogens is 298 g/mol. The van der Waals surface area contributed by atoms with E-state index in [1.165, 1.54) is 0 Å². The highest BCUT2D eigenvalue weighted by atomic mass is 32.1. The Labute approximate surface area is 134 Å². The van der Waals surface area contributed by atoms with Gasteiger partial charge in [-0.25, -0.2) is 0 Å². The molecule has 2 aromatic rings. The molecule has 1 atom stereocenters. The molecule has 0 radical (unpaired) electrons. The first-order chi connectivity index (χ1) is 10.5. The lowest BCUT2D eigenvalue weighted by molar-refractivity contribution is 0.0939. The summed E-state index contributed by atoms with van der Waals surface area (Å²) in [5, 5.41) is 3.04. The van der Waals surface area contributed by atoms with Gasteiger partial charge in [-0.2, -0.15) is 0 Å². The Morgan fingerprint density at radius 3 is 2.59 bits per heavy atom. The van der Waals surface area contributed by atoms with Gasteiger partial charge >= 0.3 is 0 Å². The first kappa shape index (κ1) is 14.9. The topological polar surface area (TPSA) is 47.6 Å². The quantitative estimate of drug-likeness (QED) is 0.940. The Morgan fingerprint density at radius 2 is 1.91 bits per heavy atom. The summed E-state index contributed by atoms with van der Waals surface area (Å²) >= 11 is 1.64. The number of hydrogen-bond donors (Lipinski definition) is 1. The van der Waals surface area contributed by atoms with E-state index in [1.54, 1.807) is 11.3 Å². The predicted molar refractivity (Wildman–Crippen MR) is 87.1 cm³/mol. The molecule has 1 aromatic carbocycles. The van der Waals surface area contributed by atoms with Gasteiger partial charge in [0, 0.05) is 9.75 Å². The van der Waals surface area contributed by atoms with Gasteiger partial charge in [-0.15, -0.1) is 11.3 Å². The second-order valence-electron chi connectivity index (χ2n) is 5.43. The first-order valence-corrected chi connectivity index (χ1v) is 8.13. The maximum absolute atomic E-state index is 12.4. The fraction of sp³-hybridized carbons (Fsp3) is 0.353. The molecule has 5 heteroatoms. The number of carbonyl (C=O) groups excluding carboxylic acids is 1. The van der Waals surface area contributed by atoms with Crippen LogP contribution < -0.4 is 14.8 Å². The van der Waals surface area contributed by atoms with E-state index in [0.717, 1.165) is 32.4 Å². The molecule has 2 heterocycles. The highest BCUT2D eigenvalue weighted by molar-refractivity contribution is 7.12. The molecule has 0 bridgehead atoms. The number of carbonyl (C=O) groups is 1. The summed E-state index contributed by atoms with van der Waals surface area (Å²) in [5.41, 5.74) is 1.76. The third-order valence-corrected chi connectivity index (χ3v) is 4.67. The molecular formula is C17H19NO3S. The Bertz CT molecular complexity index is 708. The maximum Gasteiger partial charge on any atom is 0.252 e. The largest absolute Gasteiger partial charge is 0.486 e. The van der Waals surface area contributed by atoms with Gasteiger partial charge in [-0.05, 0) is 44.5 Å². The molecule has 0 saturated heterocycles. The van der Waals surface area contributed by atoms with Crippen LogP contribution >= 0.6 is 11.3 Å². The number of aryl methyl sites for hydroxylation is 2. The normalized spacial score (nSPS) is 14.5. The molecule has 0 saturated carbocycles. The summed E-state index contributed by atoms with van der Waals surface area (Å²) in [6.07, 6.45) is 0. The Hall–Kier alpha value is -2.01. The van der Waals surface area contributed by atoms with Crippen molar-refractivity contribution in [1.82, 2.24) is 5.32 Å². The number of fused-ring (bicyclic) bond motifs is 1. The Kier molecular flexibility index (Phi) is 4.07. The summed E-state index contributed by atoms with van der Waals surface area (Å²) < 4.78 is 11.1. The van der Waals surface area contributed by atoms with Crippen molar-refractivity contribution in [3.63, 3.8) is 0 Å².